The summed E-state index contributed by atoms with van der Waals surface area (Å²) in [6.45, 7) is 0. The number of hydrogen-bond acceptors (Lipinski definition) is 3. The molecule has 4 nitrogen and oxygen atoms in total. The van der Waals surface area contributed by atoms with Crippen molar-refractivity contribution in [3.05, 3.63) is 64.3 Å². The summed E-state index contributed by atoms with van der Waals surface area (Å²) in [7, 11) is -3.25. The minimum atomic E-state index is -3.25. The highest BCUT2D eigenvalue weighted by molar-refractivity contribution is 7.90. The molecule has 0 saturated carbocycles. The van der Waals surface area contributed by atoms with Crippen LogP contribution < -0.4 is 0 Å². The highest BCUT2D eigenvalue weighted by atomic mass is 35.5. The van der Waals surface area contributed by atoms with Gasteiger partial charge in [0.1, 0.15) is 0 Å². The SMILES string of the molecule is CS(=O)(=O)c1ccc([N+]([O-])=Cc2ccc(Cl)cc2)cc1. The molecule has 0 spiro atoms. The van der Waals surface area contributed by atoms with Gasteiger partial charge in [-0.05, 0) is 36.4 Å². The minimum Gasteiger partial charge on any atom is -0.618 e. The molecule has 0 amide bonds. The maximum Gasteiger partial charge on any atom is 0.216 e. The molecule has 6 heteroatoms. The molecule has 2 rings (SSSR count). The molecule has 0 heterocycles. The van der Waals surface area contributed by atoms with Gasteiger partial charge in [-0.15, -0.1) is 0 Å². The molecule has 0 atom stereocenters. The Morgan fingerprint density at radius 1 is 1.05 bits per heavy atom. The average Bonchev–Trinajstić information content (AvgIpc) is 2.40. The number of sulfone groups is 1. The lowest BCUT2D eigenvalue weighted by Gasteiger charge is -2.04. The third-order valence-electron chi connectivity index (χ3n) is 2.66. The Morgan fingerprint density at radius 3 is 2.10 bits per heavy atom. The van der Waals surface area contributed by atoms with Crippen molar-refractivity contribution in [3.63, 3.8) is 0 Å². The van der Waals surface area contributed by atoms with Crippen molar-refractivity contribution in [2.24, 2.45) is 0 Å². The molecule has 104 valence electrons. The summed E-state index contributed by atoms with van der Waals surface area (Å²) in [5, 5.41) is 12.5. The predicted octanol–water partition coefficient (Wildman–Crippen LogP) is 3.00. The van der Waals surface area contributed by atoms with Crippen molar-refractivity contribution < 1.29 is 13.2 Å². The topological polar surface area (TPSA) is 60.2 Å². The molecule has 20 heavy (non-hydrogen) atoms. The van der Waals surface area contributed by atoms with Crippen LogP contribution in [0, 0.1) is 5.21 Å². The van der Waals surface area contributed by atoms with Crippen LogP contribution >= 0.6 is 11.6 Å². The smallest absolute Gasteiger partial charge is 0.216 e. The Balaban J connectivity index is 2.29. The summed E-state index contributed by atoms with van der Waals surface area (Å²) >= 11 is 5.76. The summed E-state index contributed by atoms with van der Waals surface area (Å²) in [6.07, 6.45) is 2.52. The maximum atomic E-state index is 11.9. The van der Waals surface area contributed by atoms with E-state index >= 15 is 0 Å². The molecule has 0 fully saturated rings. The average molecular weight is 310 g/mol. The van der Waals surface area contributed by atoms with Gasteiger partial charge in [0.2, 0.25) is 5.69 Å². The van der Waals surface area contributed by atoms with Crippen molar-refractivity contribution in [1.82, 2.24) is 0 Å². The number of benzene rings is 2. The van der Waals surface area contributed by atoms with Crippen LogP contribution in [-0.2, 0) is 9.84 Å². The first kappa shape index (κ1) is 14.6. The standard InChI is InChI=1S/C14H12ClNO3S/c1-20(18,19)14-8-6-13(7-9-14)16(17)10-11-2-4-12(15)5-3-11/h2-10H,1H3. The van der Waals surface area contributed by atoms with Crippen molar-refractivity contribution in [1.29, 1.82) is 0 Å². The van der Waals surface area contributed by atoms with E-state index in [1.54, 1.807) is 24.3 Å². The molecule has 2 aromatic carbocycles. The van der Waals surface area contributed by atoms with Gasteiger partial charge in [0.25, 0.3) is 0 Å². The zero-order valence-electron chi connectivity index (χ0n) is 10.7. The molecule has 2 aromatic rings. The van der Waals surface area contributed by atoms with Gasteiger partial charge in [-0.1, -0.05) is 11.6 Å². The van der Waals surface area contributed by atoms with E-state index in [1.165, 1.54) is 30.5 Å². The highest BCUT2D eigenvalue weighted by Gasteiger charge is 2.08. The molecule has 0 aliphatic carbocycles. The van der Waals surface area contributed by atoms with Crippen molar-refractivity contribution in [3.8, 4) is 0 Å². The first-order valence-electron chi connectivity index (χ1n) is 5.73. The quantitative estimate of drug-likeness (QED) is 0.379. The zero-order chi connectivity index (χ0) is 14.8. The summed E-state index contributed by atoms with van der Waals surface area (Å²) in [5.41, 5.74) is 1.06. The Morgan fingerprint density at radius 2 is 1.60 bits per heavy atom. The molecule has 0 aliphatic rings. The van der Waals surface area contributed by atoms with E-state index in [-0.39, 0.29) is 4.90 Å². The molecule has 0 aliphatic heterocycles. The molecule has 0 aromatic heterocycles. The second kappa shape index (κ2) is 5.64. The van der Waals surface area contributed by atoms with Crippen LogP contribution in [0.3, 0.4) is 0 Å². The van der Waals surface area contributed by atoms with Gasteiger partial charge in [-0.25, -0.2) is 8.42 Å². The minimum absolute atomic E-state index is 0.182. The van der Waals surface area contributed by atoms with Crippen LogP contribution in [-0.4, -0.2) is 25.6 Å². The van der Waals surface area contributed by atoms with Crippen LogP contribution in [0.5, 0.6) is 0 Å². The lowest BCUT2D eigenvalue weighted by molar-refractivity contribution is -0.354. The molecule has 0 saturated heterocycles. The molecule has 0 radical (unpaired) electrons. The largest absolute Gasteiger partial charge is 0.618 e. The maximum absolute atomic E-state index is 11.9. The molecular weight excluding hydrogens is 298 g/mol. The summed E-state index contributed by atoms with van der Waals surface area (Å²) in [5.74, 6) is 0. The fourth-order valence-corrected chi connectivity index (χ4v) is 2.36. The van der Waals surface area contributed by atoms with E-state index in [9.17, 15) is 13.6 Å². The summed E-state index contributed by atoms with van der Waals surface area (Å²) < 4.78 is 23.3. The van der Waals surface area contributed by atoms with E-state index in [0.717, 1.165) is 6.26 Å². The Hall–Kier alpha value is -1.85. The van der Waals surface area contributed by atoms with Gasteiger partial charge >= 0.3 is 0 Å². The Kier molecular flexibility index (Phi) is 4.11. The van der Waals surface area contributed by atoms with Gasteiger partial charge in [-0.3, -0.25) is 0 Å². The van der Waals surface area contributed by atoms with E-state index in [0.29, 0.717) is 21.0 Å². The van der Waals surface area contributed by atoms with Crippen LogP contribution in [0.1, 0.15) is 5.56 Å². The summed E-state index contributed by atoms with van der Waals surface area (Å²) in [6, 6.07) is 12.6. The molecule has 0 bridgehead atoms. The van der Waals surface area contributed by atoms with Crippen LogP contribution in [0.4, 0.5) is 5.69 Å². The van der Waals surface area contributed by atoms with E-state index in [4.69, 9.17) is 11.6 Å². The summed E-state index contributed by atoms with van der Waals surface area (Å²) in [4.78, 5) is 0.182. The zero-order valence-corrected chi connectivity index (χ0v) is 12.2. The van der Waals surface area contributed by atoms with E-state index < -0.39 is 9.84 Å². The van der Waals surface area contributed by atoms with Crippen LogP contribution in [0.25, 0.3) is 0 Å². The third-order valence-corrected chi connectivity index (χ3v) is 4.04. The second-order valence-electron chi connectivity index (χ2n) is 4.27. The van der Waals surface area contributed by atoms with Gasteiger partial charge < -0.3 is 5.21 Å². The van der Waals surface area contributed by atoms with E-state index in [2.05, 4.69) is 0 Å². The lowest BCUT2D eigenvalue weighted by Crippen LogP contribution is -2.00. The third kappa shape index (κ3) is 3.59. The van der Waals surface area contributed by atoms with E-state index in [1.807, 2.05) is 0 Å². The fraction of sp³-hybridized carbons (Fsp3) is 0.0714. The first-order chi connectivity index (χ1) is 9.36. The normalized spacial score (nSPS) is 12.4. The van der Waals surface area contributed by atoms with Gasteiger partial charge in [0, 0.05) is 29.0 Å². The molecule has 0 unspecified atom stereocenters. The van der Waals surface area contributed by atoms with Gasteiger partial charge in [-0.2, -0.15) is 4.74 Å². The predicted molar refractivity (Wildman–Crippen MR) is 79.5 cm³/mol. The second-order valence-corrected chi connectivity index (χ2v) is 6.72. The van der Waals surface area contributed by atoms with Crippen LogP contribution in [0.2, 0.25) is 5.02 Å². The highest BCUT2D eigenvalue weighted by Crippen LogP contribution is 2.16. The number of rotatable bonds is 3. The molecular formula is C14H12ClNO3S. The number of hydrogen-bond donors (Lipinski definition) is 0. The van der Waals surface area contributed by atoms with Gasteiger partial charge in [0.15, 0.2) is 16.1 Å². The van der Waals surface area contributed by atoms with Crippen molar-refractivity contribution >= 4 is 33.3 Å². The lowest BCUT2D eigenvalue weighted by atomic mass is 10.2. The monoisotopic (exact) mass is 309 g/mol. The van der Waals surface area contributed by atoms with Crippen molar-refractivity contribution in [2.75, 3.05) is 6.26 Å². The van der Waals surface area contributed by atoms with Crippen LogP contribution in [0.15, 0.2) is 53.4 Å². The Bertz CT molecular complexity index is 735. The number of halogens is 1. The Labute approximate surface area is 122 Å². The first-order valence-corrected chi connectivity index (χ1v) is 8.00. The molecule has 0 N–H and O–H groups in total. The van der Waals surface area contributed by atoms with Crippen molar-refractivity contribution in [2.45, 2.75) is 4.90 Å². The fourth-order valence-electron chi connectivity index (χ4n) is 1.60. The number of nitrogens with zero attached hydrogens (tertiary/aromatic N) is 1. The van der Waals surface area contributed by atoms with Gasteiger partial charge in [0.05, 0.1) is 4.90 Å².